The lowest BCUT2D eigenvalue weighted by Crippen LogP contribution is -2.34. The van der Waals surface area contributed by atoms with Crippen LogP contribution in [0.1, 0.15) is 37.1 Å². The van der Waals surface area contributed by atoms with Gasteiger partial charge in [-0.15, -0.1) is 0 Å². The fourth-order valence-corrected chi connectivity index (χ4v) is 2.86. The van der Waals surface area contributed by atoms with Crippen LogP contribution in [0.15, 0.2) is 12.1 Å². The minimum absolute atomic E-state index is 0.0583. The molecule has 20 heavy (non-hydrogen) atoms. The summed E-state index contributed by atoms with van der Waals surface area (Å²) in [6.45, 7) is 4.19. The van der Waals surface area contributed by atoms with Crippen LogP contribution in [0.4, 0.5) is 5.69 Å². The van der Waals surface area contributed by atoms with Crippen molar-refractivity contribution >= 4 is 11.6 Å². The topological polar surface area (TPSA) is 82.1 Å². The van der Waals surface area contributed by atoms with E-state index in [2.05, 4.69) is 5.32 Å². The van der Waals surface area contributed by atoms with E-state index in [1.54, 1.807) is 26.0 Å². The van der Waals surface area contributed by atoms with Crippen molar-refractivity contribution in [2.24, 2.45) is 17.6 Å². The lowest BCUT2D eigenvalue weighted by Gasteiger charge is -2.26. The van der Waals surface area contributed by atoms with Gasteiger partial charge in [-0.2, -0.15) is 4.73 Å². The van der Waals surface area contributed by atoms with Crippen LogP contribution in [-0.4, -0.2) is 12.5 Å². The molecule has 0 unspecified atom stereocenters. The molecule has 0 aliphatic heterocycles. The van der Waals surface area contributed by atoms with Gasteiger partial charge in [-0.1, -0.05) is 0 Å². The molecule has 0 radical (unpaired) electrons. The average Bonchev–Trinajstić information content (AvgIpc) is 2.44. The van der Waals surface area contributed by atoms with E-state index in [1.165, 1.54) is 0 Å². The number of aryl methyl sites for hydroxylation is 2. The normalized spacial score (nSPS) is 22.6. The van der Waals surface area contributed by atoms with Gasteiger partial charge < -0.3 is 16.3 Å². The monoisotopic (exact) mass is 277 g/mol. The summed E-state index contributed by atoms with van der Waals surface area (Å²) in [4.78, 5) is 12.2. The highest BCUT2D eigenvalue weighted by molar-refractivity contribution is 5.92. The highest BCUT2D eigenvalue weighted by atomic mass is 16.5. The molecule has 3 N–H and O–H groups in total. The lowest BCUT2D eigenvalue weighted by molar-refractivity contribution is -0.618. The number of nitrogens with two attached hydrogens (primary N) is 1. The highest BCUT2D eigenvalue weighted by Crippen LogP contribution is 2.29. The predicted octanol–water partition coefficient (Wildman–Crippen LogP) is 1.64. The Morgan fingerprint density at radius 3 is 2.35 bits per heavy atom. The second kappa shape index (κ2) is 6.22. The summed E-state index contributed by atoms with van der Waals surface area (Å²) >= 11 is 0. The van der Waals surface area contributed by atoms with Gasteiger partial charge in [-0.05, 0) is 38.1 Å². The average molecular weight is 277 g/mol. The van der Waals surface area contributed by atoms with Crippen LogP contribution >= 0.6 is 0 Å². The Bertz CT molecular complexity index is 471. The summed E-state index contributed by atoms with van der Waals surface area (Å²) in [7, 11) is 0. The maximum atomic E-state index is 12.2. The summed E-state index contributed by atoms with van der Waals surface area (Å²) in [5.41, 5.74) is 7.55. The van der Waals surface area contributed by atoms with Crippen molar-refractivity contribution in [1.29, 1.82) is 0 Å². The van der Waals surface area contributed by atoms with Crippen molar-refractivity contribution < 1.29 is 9.52 Å². The van der Waals surface area contributed by atoms with E-state index in [4.69, 9.17) is 5.73 Å². The third-order valence-corrected chi connectivity index (χ3v) is 4.19. The van der Waals surface area contributed by atoms with Gasteiger partial charge in [0.05, 0.1) is 5.69 Å². The van der Waals surface area contributed by atoms with Crippen LogP contribution in [0, 0.1) is 30.9 Å². The molecule has 1 amide bonds. The molecule has 110 valence electrons. The van der Waals surface area contributed by atoms with E-state index >= 15 is 0 Å². The highest BCUT2D eigenvalue weighted by Gasteiger charge is 2.25. The Morgan fingerprint density at radius 2 is 1.85 bits per heavy atom. The van der Waals surface area contributed by atoms with Crippen LogP contribution in [0.25, 0.3) is 0 Å². The number of nitrogens with zero attached hydrogens (tertiary/aromatic N) is 1. The predicted molar refractivity (Wildman–Crippen MR) is 78.0 cm³/mol. The fraction of sp³-hybridized carbons (Fsp3) is 0.600. The molecule has 1 aliphatic carbocycles. The zero-order chi connectivity index (χ0) is 14.7. The quantitative estimate of drug-likeness (QED) is 0.651. The molecule has 0 bridgehead atoms. The van der Waals surface area contributed by atoms with Crippen LogP contribution in [0.2, 0.25) is 0 Å². The van der Waals surface area contributed by atoms with Gasteiger partial charge in [0.25, 0.3) is 0 Å². The van der Waals surface area contributed by atoms with E-state index in [1.807, 2.05) is 0 Å². The fourth-order valence-electron chi connectivity index (χ4n) is 2.86. The molecule has 0 aromatic carbocycles. The summed E-state index contributed by atoms with van der Waals surface area (Å²) in [6.07, 6.45) is 3.87. The Labute approximate surface area is 119 Å². The minimum Gasteiger partial charge on any atom is -0.618 e. The molecule has 1 aliphatic rings. The summed E-state index contributed by atoms with van der Waals surface area (Å²) in [5, 5.41) is 14.5. The van der Waals surface area contributed by atoms with Gasteiger partial charge in [0, 0.05) is 31.9 Å². The molecular formula is C15H23N3O2. The molecule has 1 heterocycles. The molecule has 0 atom stereocenters. The maximum Gasteiger partial charge on any atom is 0.227 e. The Morgan fingerprint density at radius 1 is 1.30 bits per heavy atom. The molecule has 1 aromatic heterocycles. The molecule has 0 saturated heterocycles. The molecule has 1 aromatic rings. The maximum absolute atomic E-state index is 12.2. The zero-order valence-corrected chi connectivity index (χ0v) is 12.2. The number of anilines is 1. The van der Waals surface area contributed by atoms with E-state index in [-0.39, 0.29) is 11.8 Å². The van der Waals surface area contributed by atoms with Crippen molar-refractivity contribution in [2.45, 2.75) is 39.5 Å². The smallest absolute Gasteiger partial charge is 0.227 e. The van der Waals surface area contributed by atoms with Crippen LogP contribution < -0.4 is 15.8 Å². The van der Waals surface area contributed by atoms with Gasteiger partial charge in [0.2, 0.25) is 5.91 Å². The lowest BCUT2D eigenvalue weighted by atomic mass is 9.81. The number of aromatic nitrogens is 1. The summed E-state index contributed by atoms with van der Waals surface area (Å²) in [5.74, 6) is 0.695. The first-order valence-electron chi connectivity index (χ1n) is 7.23. The molecule has 1 saturated carbocycles. The molecule has 1 fully saturated rings. The third-order valence-electron chi connectivity index (χ3n) is 4.19. The standard InChI is InChI=1S/C15H23N3O2/c1-10-7-14(8-11(2)18(10)20)17-15(19)13-5-3-12(9-16)4-6-13/h7-8,12-13H,3-6,9,16H2,1-2H3,(H,17,19). The molecule has 2 rings (SSSR count). The molecule has 0 spiro atoms. The van der Waals surface area contributed by atoms with Crippen molar-refractivity contribution in [3.63, 3.8) is 0 Å². The first kappa shape index (κ1) is 14.8. The molecule has 5 heteroatoms. The number of hydrogen-bond donors (Lipinski definition) is 2. The first-order chi connectivity index (χ1) is 9.51. The number of nitrogens with one attached hydrogen (secondary N) is 1. The van der Waals surface area contributed by atoms with Crippen LogP contribution in [0.5, 0.6) is 0 Å². The number of amides is 1. The minimum atomic E-state index is 0.0583. The first-order valence-corrected chi connectivity index (χ1v) is 7.23. The second-order valence-corrected chi connectivity index (χ2v) is 5.76. The van der Waals surface area contributed by atoms with E-state index in [0.717, 1.165) is 37.0 Å². The van der Waals surface area contributed by atoms with Crippen molar-refractivity contribution in [2.75, 3.05) is 11.9 Å². The Balaban J connectivity index is 1.98. The van der Waals surface area contributed by atoms with E-state index in [9.17, 15) is 10.0 Å². The van der Waals surface area contributed by atoms with E-state index < -0.39 is 0 Å². The second-order valence-electron chi connectivity index (χ2n) is 5.76. The molecule has 5 nitrogen and oxygen atoms in total. The zero-order valence-electron chi connectivity index (χ0n) is 12.2. The molecular weight excluding hydrogens is 254 g/mol. The number of rotatable bonds is 3. The van der Waals surface area contributed by atoms with Crippen molar-refractivity contribution in [3.8, 4) is 0 Å². The van der Waals surface area contributed by atoms with Gasteiger partial charge in [0.15, 0.2) is 11.4 Å². The number of hydrogen-bond acceptors (Lipinski definition) is 3. The number of carbonyl (C=O) groups is 1. The summed E-state index contributed by atoms with van der Waals surface area (Å²) < 4.78 is 0.863. The number of pyridine rings is 1. The number of carbonyl (C=O) groups excluding carboxylic acids is 1. The van der Waals surface area contributed by atoms with E-state index in [0.29, 0.717) is 23.0 Å². The summed E-state index contributed by atoms with van der Waals surface area (Å²) in [6, 6.07) is 3.42. The SMILES string of the molecule is Cc1cc(NC(=O)C2CCC(CN)CC2)cc(C)[n+]1[O-]. The van der Waals surface area contributed by atoms with Gasteiger partial charge in [-0.25, -0.2) is 0 Å². The van der Waals surface area contributed by atoms with Crippen molar-refractivity contribution in [3.05, 3.63) is 28.7 Å². The third kappa shape index (κ3) is 3.28. The van der Waals surface area contributed by atoms with Crippen LogP contribution in [-0.2, 0) is 4.79 Å². The van der Waals surface area contributed by atoms with Gasteiger partial charge in [-0.3, -0.25) is 4.79 Å². The van der Waals surface area contributed by atoms with Gasteiger partial charge >= 0.3 is 0 Å². The van der Waals surface area contributed by atoms with Crippen LogP contribution in [0.3, 0.4) is 0 Å². The Hall–Kier alpha value is -1.62. The van der Waals surface area contributed by atoms with Crippen molar-refractivity contribution in [1.82, 2.24) is 0 Å². The van der Waals surface area contributed by atoms with Gasteiger partial charge in [0.1, 0.15) is 0 Å². The largest absolute Gasteiger partial charge is 0.618 e. The Kier molecular flexibility index (Phi) is 4.60.